The van der Waals surface area contributed by atoms with Crippen LogP contribution in [0.5, 0.6) is 0 Å². The predicted octanol–water partition coefficient (Wildman–Crippen LogP) is 0.884. The number of carboxylic acid groups (broad SMARTS) is 1. The molecule has 0 radical (unpaired) electrons. The van der Waals surface area contributed by atoms with Gasteiger partial charge in [0.2, 0.25) is 5.82 Å². The van der Waals surface area contributed by atoms with Gasteiger partial charge >= 0.3 is 5.97 Å². The first-order valence-corrected chi connectivity index (χ1v) is 4.66. The number of aryl methyl sites for hydroxylation is 2. The van der Waals surface area contributed by atoms with Gasteiger partial charge in [0.15, 0.2) is 0 Å². The average molecular weight is 218 g/mol. The maximum atomic E-state index is 10.8. The second kappa shape index (κ2) is 3.73. The van der Waals surface area contributed by atoms with E-state index in [-0.39, 0.29) is 5.56 Å². The van der Waals surface area contributed by atoms with Crippen LogP contribution < -0.4 is 0 Å². The third-order valence-corrected chi connectivity index (χ3v) is 2.22. The fourth-order valence-electron chi connectivity index (χ4n) is 1.44. The van der Waals surface area contributed by atoms with Gasteiger partial charge in [0.05, 0.1) is 12.6 Å². The number of carboxylic acids is 1. The van der Waals surface area contributed by atoms with Crippen molar-refractivity contribution in [1.82, 2.24) is 20.2 Å². The molecule has 0 aliphatic rings. The van der Waals surface area contributed by atoms with Crippen molar-refractivity contribution in [2.75, 3.05) is 0 Å². The van der Waals surface area contributed by atoms with Gasteiger partial charge in [-0.25, -0.2) is 4.79 Å². The number of carbonyl (C=O) groups is 1. The van der Waals surface area contributed by atoms with Crippen LogP contribution in [0.25, 0.3) is 11.4 Å². The summed E-state index contributed by atoms with van der Waals surface area (Å²) >= 11 is 0. The normalized spacial score (nSPS) is 10.4. The summed E-state index contributed by atoms with van der Waals surface area (Å²) in [6.45, 7) is 1.74. The van der Waals surface area contributed by atoms with Crippen molar-refractivity contribution in [3.05, 3.63) is 29.3 Å². The molecule has 16 heavy (non-hydrogen) atoms. The minimum absolute atomic E-state index is 0.285. The summed E-state index contributed by atoms with van der Waals surface area (Å²) in [7, 11) is 1.68. The van der Waals surface area contributed by atoms with Gasteiger partial charge < -0.3 is 5.11 Å². The summed E-state index contributed by atoms with van der Waals surface area (Å²) in [5.74, 6) is -0.446. The highest BCUT2D eigenvalue weighted by atomic mass is 16.4. The van der Waals surface area contributed by atoms with Crippen molar-refractivity contribution in [2.24, 2.45) is 7.05 Å². The van der Waals surface area contributed by atoms with Crippen molar-refractivity contribution in [3.63, 3.8) is 0 Å². The van der Waals surface area contributed by atoms with Crippen LogP contribution in [0.2, 0.25) is 0 Å². The molecule has 0 saturated heterocycles. The number of hydrogen-bond donors (Lipinski definition) is 1. The van der Waals surface area contributed by atoms with Crippen LogP contribution in [0, 0.1) is 6.92 Å². The third-order valence-electron chi connectivity index (χ3n) is 2.22. The lowest BCUT2D eigenvalue weighted by molar-refractivity contribution is 0.0696. The molecule has 2 aromatic rings. The molecule has 1 N–H and O–H groups in total. The lowest BCUT2D eigenvalue weighted by atomic mass is 10.1. The van der Waals surface area contributed by atoms with Crippen molar-refractivity contribution in [2.45, 2.75) is 6.92 Å². The second-order valence-corrected chi connectivity index (χ2v) is 3.44. The van der Waals surface area contributed by atoms with Gasteiger partial charge in [-0.3, -0.25) is 0 Å². The number of nitrogens with zero attached hydrogens (tertiary/aromatic N) is 4. The average Bonchev–Trinajstić information content (AvgIpc) is 2.64. The minimum atomic E-state index is -0.934. The Morgan fingerprint density at radius 1 is 1.44 bits per heavy atom. The van der Waals surface area contributed by atoms with Gasteiger partial charge in [0.25, 0.3) is 0 Å². The fourth-order valence-corrected chi connectivity index (χ4v) is 1.44. The Morgan fingerprint density at radius 3 is 2.69 bits per heavy atom. The minimum Gasteiger partial charge on any atom is -0.478 e. The van der Waals surface area contributed by atoms with Gasteiger partial charge in [-0.05, 0) is 29.8 Å². The molecule has 0 aliphatic heterocycles. The quantitative estimate of drug-likeness (QED) is 0.809. The Bertz CT molecular complexity index is 548. The summed E-state index contributed by atoms with van der Waals surface area (Å²) < 4.78 is 0. The summed E-state index contributed by atoms with van der Waals surface area (Å²) in [6.07, 6.45) is 0. The summed E-state index contributed by atoms with van der Waals surface area (Å²) in [5, 5.41) is 20.5. The van der Waals surface area contributed by atoms with E-state index in [4.69, 9.17) is 5.11 Å². The molecule has 0 fully saturated rings. The van der Waals surface area contributed by atoms with E-state index in [9.17, 15) is 4.79 Å². The van der Waals surface area contributed by atoms with Crippen molar-refractivity contribution < 1.29 is 9.90 Å². The van der Waals surface area contributed by atoms with Gasteiger partial charge in [0.1, 0.15) is 0 Å². The van der Waals surface area contributed by atoms with Gasteiger partial charge in [-0.1, -0.05) is 6.07 Å². The first kappa shape index (κ1) is 10.3. The summed E-state index contributed by atoms with van der Waals surface area (Å²) in [6, 6.07) is 4.96. The van der Waals surface area contributed by atoms with Gasteiger partial charge in [-0.2, -0.15) is 4.80 Å². The number of rotatable bonds is 2. The van der Waals surface area contributed by atoms with E-state index in [1.165, 1.54) is 4.80 Å². The molecule has 2 rings (SSSR count). The molecular weight excluding hydrogens is 208 g/mol. The molecule has 0 aliphatic carbocycles. The Kier molecular flexibility index (Phi) is 2.40. The molecule has 0 saturated carbocycles. The van der Waals surface area contributed by atoms with Crippen molar-refractivity contribution in [1.29, 1.82) is 0 Å². The Balaban J connectivity index is 2.45. The van der Waals surface area contributed by atoms with Crippen LogP contribution >= 0.6 is 0 Å². The van der Waals surface area contributed by atoms with Crippen LogP contribution in [0.15, 0.2) is 18.2 Å². The lowest BCUT2D eigenvalue weighted by Gasteiger charge is -2.01. The second-order valence-electron chi connectivity index (χ2n) is 3.44. The number of hydrogen-bond acceptors (Lipinski definition) is 4. The molecule has 1 heterocycles. The van der Waals surface area contributed by atoms with Gasteiger partial charge in [-0.15, -0.1) is 10.2 Å². The molecular formula is C10H10N4O2. The monoisotopic (exact) mass is 218 g/mol. The zero-order valence-electron chi connectivity index (χ0n) is 8.88. The third kappa shape index (κ3) is 1.77. The van der Waals surface area contributed by atoms with E-state index in [2.05, 4.69) is 15.4 Å². The highest BCUT2D eigenvalue weighted by molar-refractivity contribution is 5.90. The zero-order valence-corrected chi connectivity index (χ0v) is 8.88. The van der Waals surface area contributed by atoms with Crippen LogP contribution in [-0.2, 0) is 7.05 Å². The highest BCUT2D eigenvalue weighted by Gasteiger charge is 2.10. The van der Waals surface area contributed by atoms with E-state index < -0.39 is 5.97 Å². The molecule has 0 unspecified atom stereocenters. The van der Waals surface area contributed by atoms with Crippen LogP contribution in [0.3, 0.4) is 0 Å². The molecule has 0 spiro atoms. The fraction of sp³-hybridized carbons (Fsp3) is 0.200. The van der Waals surface area contributed by atoms with E-state index in [0.717, 1.165) is 5.56 Å². The van der Waals surface area contributed by atoms with Crippen molar-refractivity contribution >= 4 is 5.97 Å². The molecule has 1 aromatic heterocycles. The van der Waals surface area contributed by atoms with E-state index in [1.54, 1.807) is 32.2 Å². The largest absolute Gasteiger partial charge is 0.478 e. The maximum absolute atomic E-state index is 10.8. The number of aromatic nitrogens is 4. The smallest absolute Gasteiger partial charge is 0.335 e. The van der Waals surface area contributed by atoms with E-state index in [0.29, 0.717) is 11.4 Å². The molecule has 0 atom stereocenters. The molecule has 6 heteroatoms. The van der Waals surface area contributed by atoms with Crippen molar-refractivity contribution in [3.8, 4) is 11.4 Å². The Morgan fingerprint density at radius 2 is 2.19 bits per heavy atom. The molecule has 6 nitrogen and oxygen atoms in total. The topological polar surface area (TPSA) is 80.9 Å². The maximum Gasteiger partial charge on any atom is 0.335 e. The first-order valence-electron chi connectivity index (χ1n) is 4.66. The predicted molar refractivity (Wildman–Crippen MR) is 55.9 cm³/mol. The van der Waals surface area contributed by atoms with E-state index in [1.807, 2.05) is 0 Å². The first-order chi connectivity index (χ1) is 7.58. The Hall–Kier alpha value is -2.24. The zero-order chi connectivity index (χ0) is 11.7. The summed E-state index contributed by atoms with van der Waals surface area (Å²) in [4.78, 5) is 12.2. The molecule has 82 valence electrons. The van der Waals surface area contributed by atoms with Gasteiger partial charge in [0, 0.05) is 5.56 Å². The summed E-state index contributed by atoms with van der Waals surface area (Å²) in [5.41, 5.74) is 1.72. The SMILES string of the molecule is Cc1cc(-c2nnn(C)n2)ccc1C(=O)O. The number of tetrazole rings is 1. The molecule has 0 bridgehead atoms. The van der Waals surface area contributed by atoms with E-state index >= 15 is 0 Å². The van der Waals surface area contributed by atoms with Crippen LogP contribution in [0.4, 0.5) is 0 Å². The standard InChI is InChI=1S/C10H10N4O2/c1-6-5-7(3-4-8(6)10(15)16)9-11-13-14(2)12-9/h3-5H,1-2H3,(H,15,16). The molecule has 1 aromatic carbocycles. The number of benzene rings is 1. The Labute approximate surface area is 91.5 Å². The molecule has 0 amide bonds. The van der Waals surface area contributed by atoms with Crippen LogP contribution in [-0.4, -0.2) is 31.3 Å². The van der Waals surface area contributed by atoms with Crippen LogP contribution in [0.1, 0.15) is 15.9 Å². The highest BCUT2D eigenvalue weighted by Crippen LogP contribution is 2.18. The lowest BCUT2D eigenvalue weighted by Crippen LogP contribution is -1.99. The number of aromatic carboxylic acids is 1.